The van der Waals surface area contributed by atoms with Crippen LogP contribution >= 0.6 is 23.2 Å². The molecule has 2 aliphatic rings. The molecule has 142 valence electrons. The topological polar surface area (TPSA) is 38.8 Å². The van der Waals surface area contributed by atoms with Crippen LogP contribution in [0.1, 0.15) is 26.2 Å². The molecule has 0 atom stereocenters. The highest BCUT2D eigenvalue weighted by molar-refractivity contribution is 6.42. The average molecular weight is 397 g/mol. The van der Waals surface area contributed by atoms with Crippen molar-refractivity contribution < 1.29 is 4.79 Å². The van der Waals surface area contributed by atoms with Crippen molar-refractivity contribution >= 4 is 34.8 Å². The number of benzene rings is 1. The van der Waals surface area contributed by atoms with Gasteiger partial charge in [0.15, 0.2) is 0 Å². The first kappa shape index (κ1) is 19.3. The fraction of sp³-hybridized carbons (Fsp3) is 0.526. The maximum Gasteiger partial charge on any atom is 0.222 e. The van der Waals surface area contributed by atoms with Crippen LogP contribution < -0.4 is 10.4 Å². The summed E-state index contributed by atoms with van der Waals surface area (Å²) in [5, 5.41) is 3.17. The van der Waals surface area contributed by atoms with Crippen LogP contribution in [-0.2, 0) is 4.79 Å². The van der Waals surface area contributed by atoms with Crippen LogP contribution in [0.2, 0.25) is 10.0 Å². The zero-order chi connectivity index (χ0) is 18.7. The zero-order valence-corrected chi connectivity index (χ0v) is 16.9. The number of piperazine rings is 1. The molecule has 2 heterocycles. The lowest BCUT2D eigenvalue weighted by Crippen LogP contribution is -2.47. The molecule has 0 unspecified atom stereocenters. The van der Waals surface area contributed by atoms with Gasteiger partial charge in [-0.25, -0.2) is 0 Å². The van der Waals surface area contributed by atoms with E-state index >= 15 is 0 Å². The number of likely N-dealkylation sites (N-methyl/N-ethyl adjacent to an activating group) is 1. The first-order chi connectivity index (χ1) is 12.4. The van der Waals surface area contributed by atoms with Gasteiger partial charge in [-0.3, -0.25) is 9.80 Å². The monoisotopic (exact) mass is 396 g/mol. The third-order valence-electron chi connectivity index (χ3n) is 5.07. The van der Waals surface area contributed by atoms with Gasteiger partial charge in [-0.2, -0.15) is 0 Å². The van der Waals surface area contributed by atoms with E-state index in [0.717, 1.165) is 51.3 Å². The number of anilines is 1. The van der Waals surface area contributed by atoms with E-state index in [1.807, 2.05) is 23.1 Å². The van der Waals surface area contributed by atoms with Crippen molar-refractivity contribution in [2.24, 2.45) is 0 Å². The molecule has 0 bridgehead atoms. The molecular weight excluding hydrogens is 371 g/mol. The molecule has 0 spiro atoms. The standard InChI is InChI=1S/C19H26Cl2N4O/c1-14-13-25(15-6-7-16(20)17(21)12-15)22-18(14)4-3-5-19(26)24-10-8-23(2)9-11-24/h6-7,12,22H,3-5,8-11,13H2,1-2H3. The van der Waals surface area contributed by atoms with Gasteiger partial charge in [0, 0.05) is 38.3 Å². The molecule has 1 aromatic rings. The van der Waals surface area contributed by atoms with Gasteiger partial charge in [0.25, 0.3) is 0 Å². The van der Waals surface area contributed by atoms with Crippen LogP contribution in [0.5, 0.6) is 0 Å². The van der Waals surface area contributed by atoms with Crippen LogP contribution in [0.4, 0.5) is 5.69 Å². The molecule has 1 fully saturated rings. The Morgan fingerprint density at radius 3 is 2.58 bits per heavy atom. The van der Waals surface area contributed by atoms with E-state index in [0.29, 0.717) is 16.5 Å². The molecule has 0 saturated carbocycles. The van der Waals surface area contributed by atoms with Crippen LogP contribution in [0, 0.1) is 0 Å². The second-order valence-corrected chi connectivity index (χ2v) is 7.91. The minimum absolute atomic E-state index is 0.274. The molecule has 0 radical (unpaired) electrons. The van der Waals surface area contributed by atoms with Crippen molar-refractivity contribution in [2.75, 3.05) is 44.8 Å². The third kappa shape index (κ3) is 4.64. The van der Waals surface area contributed by atoms with Gasteiger partial charge in [-0.15, -0.1) is 0 Å². The summed E-state index contributed by atoms with van der Waals surface area (Å²) < 4.78 is 0. The molecule has 1 aromatic carbocycles. The number of hydrogen-bond acceptors (Lipinski definition) is 4. The Morgan fingerprint density at radius 1 is 1.15 bits per heavy atom. The molecule has 0 aromatic heterocycles. The quantitative estimate of drug-likeness (QED) is 0.825. The summed E-state index contributed by atoms with van der Waals surface area (Å²) in [7, 11) is 2.10. The Kier molecular flexibility index (Phi) is 6.33. The summed E-state index contributed by atoms with van der Waals surface area (Å²) in [6, 6.07) is 5.63. The number of hydrogen-bond donors (Lipinski definition) is 1. The molecule has 26 heavy (non-hydrogen) atoms. The highest BCUT2D eigenvalue weighted by Gasteiger charge is 2.21. The number of carbonyl (C=O) groups is 1. The molecule has 1 N–H and O–H groups in total. The van der Waals surface area contributed by atoms with Crippen molar-refractivity contribution in [2.45, 2.75) is 26.2 Å². The van der Waals surface area contributed by atoms with Crippen LogP contribution in [-0.4, -0.2) is 55.5 Å². The largest absolute Gasteiger partial charge is 0.340 e. The Hall–Kier alpha value is -1.43. The molecule has 2 aliphatic heterocycles. The zero-order valence-electron chi connectivity index (χ0n) is 15.4. The summed E-state index contributed by atoms with van der Waals surface area (Å²) >= 11 is 12.1. The Balaban J connectivity index is 1.47. The van der Waals surface area contributed by atoms with Crippen molar-refractivity contribution in [1.82, 2.24) is 15.2 Å². The van der Waals surface area contributed by atoms with E-state index < -0.39 is 0 Å². The van der Waals surface area contributed by atoms with E-state index in [1.54, 1.807) is 0 Å². The lowest BCUT2D eigenvalue weighted by Gasteiger charge is -2.32. The predicted molar refractivity (Wildman–Crippen MR) is 108 cm³/mol. The van der Waals surface area contributed by atoms with Gasteiger partial charge in [0.2, 0.25) is 5.91 Å². The Labute approximate surface area is 165 Å². The molecule has 0 aliphatic carbocycles. The van der Waals surface area contributed by atoms with Crippen molar-refractivity contribution in [3.05, 3.63) is 39.5 Å². The first-order valence-corrected chi connectivity index (χ1v) is 9.84. The second kappa shape index (κ2) is 8.51. The summed E-state index contributed by atoms with van der Waals surface area (Å²) in [4.78, 5) is 16.6. The van der Waals surface area contributed by atoms with E-state index in [2.05, 4.69) is 29.3 Å². The fourth-order valence-electron chi connectivity index (χ4n) is 3.34. The van der Waals surface area contributed by atoms with Gasteiger partial charge >= 0.3 is 0 Å². The number of allylic oxidation sites excluding steroid dienone is 1. The molecule has 5 nitrogen and oxygen atoms in total. The number of amides is 1. The van der Waals surface area contributed by atoms with E-state index in [4.69, 9.17) is 23.2 Å². The average Bonchev–Trinajstić information content (AvgIpc) is 2.99. The van der Waals surface area contributed by atoms with Crippen molar-refractivity contribution in [1.29, 1.82) is 0 Å². The van der Waals surface area contributed by atoms with Crippen LogP contribution in [0.25, 0.3) is 0 Å². The number of nitrogens with one attached hydrogen (secondary N) is 1. The third-order valence-corrected chi connectivity index (χ3v) is 5.81. The Bertz CT molecular complexity index is 699. The van der Waals surface area contributed by atoms with Crippen LogP contribution in [0.3, 0.4) is 0 Å². The van der Waals surface area contributed by atoms with E-state index in [1.165, 1.54) is 11.3 Å². The van der Waals surface area contributed by atoms with Gasteiger partial charge in [0.1, 0.15) is 0 Å². The second-order valence-electron chi connectivity index (χ2n) is 7.09. The maximum absolute atomic E-state index is 12.3. The normalized spacial score (nSPS) is 18.5. The highest BCUT2D eigenvalue weighted by atomic mass is 35.5. The van der Waals surface area contributed by atoms with Crippen LogP contribution in [0.15, 0.2) is 29.5 Å². The Morgan fingerprint density at radius 2 is 1.88 bits per heavy atom. The number of rotatable bonds is 5. The minimum Gasteiger partial charge on any atom is -0.340 e. The first-order valence-electron chi connectivity index (χ1n) is 9.08. The molecule has 1 amide bonds. The number of halogens is 2. The lowest BCUT2D eigenvalue weighted by atomic mass is 10.1. The number of hydrazine groups is 1. The molecule has 1 saturated heterocycles. The highest BCUT2D eigenvalue weighted by Crippen LogP contribution is 2.29. The van der Waals surface area contributed by atoms with Gasteiger partial charge < -0.3 is 15.2 Å². The molecular formula is C19H26Cl2N4O. The van der Waals surface area contributed by atoms with Gasteiger partial charge in [-0.05, 0) is 50.6 Å². The summed E-state index contributed by atoms with van der Waals surface area (Å²) in [6.45, 7) is 6.56. The van der Waals surface area contributed by atoms with E-state index in [9.17, 15) is 4.79 Å². The molecule has 3 rings (SSSR count). The smallest absolute Gasteiger partial charge is 0.222 e. The van der Waals surface area contributed by atoms with Gasteiger partial charge in [0.05, 0.1) is 22.3 Å². The van der Waals surface area contributed by atoms with Crippen molar-refractivity contribution in [3.63, 3.8) is 0 Å². The number of nitrogens with zero attached hydrogens (tertiary/aromatic N) is 3. The van der Waals surface area contributed by atoms with Crippen molar-refractivity contribution in [3.8, 4) is 0 Å². The number of carbonyl (C=O) groups excluding carboxylic acids is 1. The summed E-state index contributed by atoms with van der Waals surface area (Å²) in [5.74, 6) is 0.274. The lowest BCUT2D eigenvalue weighted by molar-refractivity contribution is -0.132. The maximum atomic E-state index is 12.3. The SMILES string of the molecule is CC1=C(CCCC(=O)N2CCN(C)CC2)NN(c2ccc(Cl)c(Cl)c2)C1. The predicted octanol–water partition coefficient (Wildman–Crippen LogP) is 3.54. The summed E-state index contributed by atoms with van der Waals surface area (Å²) in [6.07, 6.45) is 2.35. The molecule has 7 heteroatoms. The summed E-state index contributed by atoms with van der Waals surface area (Å²) in [5.41, 5.74) is 6.92. The fourth-order valence-corrected chi connectivity index (χ4v) is 3.63. The minimum atomic E-state index is 0.274. The van der Waals surface area contributed by atoms with E-state index in [-0.39, 0.29) is 5.91 Å². The van der Waals surface area contributed by atoms with Gasteiger partial charge in [-0.1, -0.05) is 23.2 Å².